The second-order valence-corrected chi connectivity index (χ2v) is 7.54. The van der Waals surface area contributed by atoms with E-state index in [1.807, 2.05) is 37.3 Å². The molecule has 3 amide bonds. The van der Waals surface area contributed by atoms with Crippen molar-refractivity contribution in [2.45, 2.75) is 13.5 Å². The number of nitrogens with zero attached hydrogens (tertiary/aromatic N) is 1. The standard InChI is InChI=1S/C27H28N4O6/c1-3-36-22-14-12-21(13-15-22)30-24(32)18-37-25-20(10-7-11-23(25)35-2)17-29-31-27(34)26(33)28-16-19-8-5-4-6-9-19/h4-15,17H,3,16,18H2,1-2H3,(H,28,33)(H,30,32)(H,31,34)/b29-17-. The number of anilines is 1. The molecule has 0 saturated carbocycles. The lowest BCUT2D eigenvalue weighted by molar-refractivity contribution is -0.139. The summed E-state index contributed by atoms with van der Waals surface area (Å²) in [6, 6.07) is 21.2. The van der Waals surface area contributed by atoms with Gasteiger partial charge in [-0.25, -0.2) is 5.43 Å². The van der Waals surface area contributed by atoms with Crippen LogP contribution in [0.25, 0.3) is 0 Å². The number of amides is 3. The zero-order chi connectivity index (χ0) is 26.5. The molecule has 0 fully saturated rings. The molecule has 3 N–H and O–H groups in total. The third kappa shape index (κ3) is 8.39. The molecule has 0 aliphatic rings. The monoisotopic (exact) mass is 504 g/mol. The molecule has 10 heteroatoms. The number of rotatable bonds is 11. The van der Waals surface area contributed by atoms with E-state index >= 15 is 0 Å². The van der Waals surface area contributed by atoms with E-state index in [1.165, 1.54) is 13.3 Å². The molecular formula is C27H28N4O6. The molecule has 0 radical (unpaired) electrons. The zero-order valence-electron chi connectivity index (χ0n) is 20.5. The molecule has 3 aromatic rings. The number of para-hydroxylation sites is 1. The van der Waals surface area contributed by atoms with Crippen molar-refractivity contribution in [3.8, 4) is 17.2 Å². The maximum atomic E-state index is 12.4. The minimum Gasteiger partial charge on any atom is -0.494 e. The number of carbonyl (C=O) groups is 3. The minimum atomic E-state index is -0.924. The predicted molar refractivity (Wildman–Crippen MR) is 139 cm³/mol. The van der Waals surface area contributed by atoms with Crippen molar-refractivity contribution in [3.05, 3.63) is 83.9 Å². The van der Waals surface area contributed by atoms with E-state index in [4.69, 9.17) is 14.2 Å². The van der Waals surface area contributed by atoms with E-state index in [9.17, 15) is 14.4 Å². The number of hydrogen-bond donors (Lipinski definition) is 3. The van der Waals surface area contributed by atoms with E-state index in [0.29, 0.717) is 29.4 Å². The summed E-state index contributed by atoms with van der Waals surface area (Å²) in [6.07, 6.45) is 1.30. The topological polar surface area (TPSA) is 127 Å². The summed E-state index contributed by atoms with van der Waals surface area (Å²) in [5.74, 6) is -0.818. The molecule has 0 bridgehead atoms. The van der Waals surface area contributed by atoms with Gasteiger partial charge in [-0.3, -0.25) is 14.4 Å². The van der Waals surface area contributed by atoms with Gasteiger partial charge < -0.3 is 24.8 Å². The van der Waals surface area contributed by atoms with Crippen LogP contribution in [0, 0.1) is 0 Å². The summed E-state index contributed by atoms with van der Waals surface area (Å²) in [7, 11) is 1.46. The predicted octanol–water partition coefficient (Wildman–Crippen LogP) is 2.88. The first-order valence-corrected chi connectivity index (χ1v) is 11.5. The van der Waals surface area contributed by atoms with Crippen LogP contribution in [0.15, 0.2) is 77.9 Å². The number of nitrogens with one attached hydrogen (secondary N) is 3. The van der Waals surface area contributed by atoms with Crippen molar-refractivity contribution < 1.29 is 28.6 Å². The molecule has 0 saturated heterocycles. The highest BCUT2D eigenvalue weighted by atomic mass is 16.5. The van der Waals surface area contributed by atoms with E-state index < -0.39 is 11.8 Å². The van der Waals surface area contributed by atoms with Gasteiger partial charge in [-0.1, -0.05) is 36.4 Å². The minimum absolute atomic E-state index is 0.212. The van der Waals surface area contributed by atoms with Crippen molar-refractivity contribution >= 4 is 29.6 Å². The first kappa shape index (κ1) is 26.7. The Balaban J connectivity index is 1.56. The van der Waals surface area contributed by atoms with Gasteiger partial charge >= 0.3 is 11.8 Å². The highest BCUT2D eigenvalue weighted by molar-refractivity contribution is 6.35. The maximum Gasteiger partial charge on any atom is 0.329 e. The molecule has 0 atom stereocenters. The van der Waals surface area contributed by atoms with Crippen molar-refractivity contribution in [2.24, 2.45) is 5.10 Å². The largest absolute Gasteiger partial charge is 0.494 e. The average Bonchev–Trinajstić information content (AvgIpc) is 2.92. The van der Waals surface area contributed by atoms with Crippen LogP contribution in [-0.4, -0.2) is 44.3 Å². The molecule has 3 aromatic carbocycles. The smallest absolute Gasteiger partial charge is 0.329 e. The fourth-order valence-corrected chi connectivity index (χ4v) is 3.16. The molecule has 37 heavy (non-hydrogen) atoms. The van der Waals surface area contributed by atoms with Crippen molar-refractivity contribution in [3.63, 3.8) is 0 Å². The van der Waals surface area contributed by atoms with Gasteiger partial charge in [-0.2, -0.15) is 5.10 Å². The van der Waals surface area contributed by atoms with Crippen LogP contribution in [0.1, 0.15) is 18.1 Å². The van der Waals surface area contributed by atoms with Crippen LogP contribution in [0.2, 0.25) is 0 Å². The van der Waals surface area contributed by atoms with Crippen LogP contribution in [0.3, 0.4) is 0 Å². The maximum absolute atomic E-state index is 12.4. The van der Waals surface area contributed by atoms with Crippen LogP contribution < -0.4 is 30.3 Å². The Labute approximate surface area is 214 Å². The van der Waals surface area contributed by atoms with Crippen LogP contribution in [-0.2, 0) is 20.9 Å². The van der Waals surface area contributed by atoms with Gasteiger partial charge in [0.05, 0.1) is 19.9 Å². The number of methoxy groups -OCH3 is 1. The normalized spacial score (nSPS) is 10.4. The van der Waals surface area contributed by atoms with Crippen molar-refractivity contribution in [2.75, 3.05) is 25.6 Å². The Morgan fingerprint density at radius 1 is 0.892 bits per heavy atom. The van der Waals surface area contributed by atoms with E-state index in [-0.39, 0.29) is 24.8 Å². The lowest BCUT2D eigenvalue weighted by Crippen LogP contribution is -2.37. The van der Waals surface area contributed by atoms with Crippen LogP contribution in [0.4, 0.5) is 5.69 Å². The molecule has 0 aliphatic heterocycles. The molecule has 192 valence electrons. The molecule has 0 unspecified atom stereocenters. The number of hydrogen-bond acceptors (Lipinski definition) is 7. The molecule has 0 heterocycles. The van der Waals surface area contributed by atoms with E-state index in [0.717, 1.165) is 5.56 Å². The summed E-state index contributed by atoms with van der Waals surface area (Å²) in [5, 5.41) is 9.09. The van der Waals surface area contributed by atoms with Gasteiger partial charge in [0.1, 0.15) is 5.75 Å². The molecule has 3 rings (SSSR count). The summed E-state index contributed by atoms with van der Waals surface area (Å²) >= 11 is 0. The quantitative estimate of drug-likeness (QED) is 0.209. The Kier molecular flexibility index (Phi) is 10.0. The van der Waals surface area contributed by atoms with Crippen molar-refractivity contribution in [1.82, 2.24) is 10.7 Å². The molecule has 0 aliphatic carbocycles. The Hall–Kier alpha value is -4.86. The lowest BCUT2D eigenvalue weighted by Gasteiger charge is -2.13. The first-order valence-electron chi connectivity index (χ1n) is 11.5. The number of carbonyl (C=O) groups excluding carboxylic acids is 3. The van der Waals surface area contributed by atoms with Crippen molar-refractivity contribution in [1.29, 1.82) is 0 Å². The fourth-order valence-electron chi connectivity index (χ4n) is 3.16. The average molecular weight is 505 g/mol. The van der Waals surface area contributed by atoms with Gasteiger partial charge in [-0.15, -0.1) is 0 Å². The number of ether oxygens (including phenoxy) is 3. The zero-order valence-corrected chi connectivity index (χ0v) is 20.5. The Morgan fingerprint density at radius 2 is 1.65 bits per heavy atom. The lowest BCUT2D eigenvalue weighted by atomic mass is 10.2. The molecule has 0 aromatic heterocycles. The Morgan fingerprint density at radius 3 is 2.35 bits per heavy atom. The number of hydrazone groups is 1. The fraction of sp³-hybridized carbons (Fsp3) is 0.185. The summed E-state index contributed by atoms with van der Waals surface area (Å²) in [5.41, 5.74) is 4.05. The van der Waals surface area contributed by atoms with Crippen LogP contribution >= 0.6 is 0 Å². The van der Waals surface area contributed by atoms with Gasteiger partial charge in [0.15, 0.2) is 18.1 Å². The van der Waals surface area contributed by atoms with E-state index in [1.54, 1.807) is 42.5 Å². The van der Waals surface area contributed by atoms with Crippen LogP contribution in [0.5, 0.6) is 17.2 Å². The molecule has 10 nitrogen and oxygen atoms in total. The highest BCUT2D eigenvalue weighted by Gasteiger charge is 2.14. The molecular weight excluding hydrogens is 476 g/mol. The summed E-state index contributed by atoms with van der Waals surface area (Å²) < 4.78 is 16.4. The summed E-state index contributed by atoms with van der Waals surface area (Å²) in [6.45, 7) is 2.35. The highest BCUT2D eigenvalue weighted by Crippen LogP contribution is 2.30. The number of benzene rings is 3. The third-order valence-electron chi connectivity index (χ3n) is 4.90. The first-order chi connectivity index (χ1) is 18.0. The SMILES string of the molecule is CCOc1ccc(NC(=O)COc2c(/C=N\NC(=O)C(=O)NCc3ccccc3)cccc2OC)cc1. The summed E-state index contributed by atoms with van der Waals surface area (Å²) in [4.78, 5) is 36.5. The third-order valence-corrected chi connectivity index (χ3v) is 4.90. The Bertz CT molecular complexity index is 1230. The van der Waals surface area contributed by atoms with Gasteiger partial charge in [0.25, 0.3) is 5.91 Å². The second kappa shape index (κ2) is 13.9. The van der Waals surface area contributed by atoms with Gasteiger partial charge in [0.2, 0.25) is 0 Å². The van der Waals surface area contributed by atoms with E-state index in [2.05, 4.69) is 21.2 Å². The second-order valence-electron chi connectivity index (χ2n) is 7.54. The van der Waals surface area contributed by atoms with Gasteiger partial charge in [0, 0.05) is 17.8 Å². The van der Waals surface area contributed by atoms with Gasteiger partial charge in [-0.05, 0) is 48.9 Å². The molecule has 0 spiro atoms.